The van der Waals surface area contributed by atoms with E-state index in [1.54, 1.807) is 35.6 Å². The molecule has 5 heteroatoms. The second-order valence-corrected chi connectivity index (χ2v) is 6.32. The average molecular weight is 325 g/mol. The summed E-state index contributed by atoms with van der Waals surface area (Å²) in [5, 5.41) is 3.96. The molecule has 0 saturated carbocycles. The van der Waals surface area contributed by atoms with Gasteiger partial charge in [-0.15, -0.1) is 0 Å². The van der Waals surface area contributed by atoms with Crippen LogP contribution in [0, 0.1) is 0 Å². The van der Waals surface area contributed by atoms with Gasteiger partial charge in [-0.1, -0.05) is 17.3 Å². The molecule has 0 radical (unpaired) electrons. The van der Waals surface area contributed by atoms with E-state index in [2.05, 4.69) is 10.1 Å². The highest BCUT2D eigenvalue weighted by atomic mass is 16.6. The van der Waals surface area contributed by atoms with E-state index in [9.17, 15) is 4.79 Å². The number of aromatic nitrogens is 1. The van der Waals surface area contributed by atoms with E-state index in [-0.39, 0.29) is 11.5 Å². The predicted octanol–water partition coefficient (Wildman–Crippen LogP) is 3.90. The Morgan fingerprint density at radius 2 is 1.96 bits per heavy atom. The highest BCUT2D eigenvalue weighted by Crippen LogP contribution is 2.16. The van der Waals surface area contributed by atoms with Gasteiger partial charge in [0.05, 0.1) is 18.1 Å². The number of anilines is 1. The fourth-order valence-electron chi connectivity index (χ4n) is 2.07. The van der Waals surface area contributed by atoms with Crippen LogP contribution in [0.2, 0.25) is 0 Å². The van der Waals surface area contributed by atoms with Gasteiger partial charge in [0.25, 0.3) is 5.91 Å². The van der Waals surface area contributed by atoms with E-state index in [0.717, 1.165) is 11.3 Å². The summed E-state index contributed by atoms with van der Waals surface area (Å²) in [6, 6.07) is 11.0. The van der Waals surface area contributed by atoms with Gasteiger partial charge in [0.15, 0.2) is 0 Å². The van der Waals surface area contributed by atoms with Crippen molar-refractivity contribution in [2.75, 3.05) is 11.4 Å². The number of hydrogen-bond donors (Lipinski definition) is 0. The normalized spacial score (nSPS) is 11.5. The monoisotopic (exact) mass is 325 g/mol. The molecule has 2 rings (SSSR count). The maximum atomic E-state index is 12.7. The van der Waals surface area contributed by atoms with E-state index in [4.69, 9.17) is 4.84 Å². The van der Waals surface area contributed by atoms with Gasteiger partial charge < -0.3 is 9.74 Å². The molecule has 1 amide bonds. The molecule has 1 aromatic carbocycles. The maximum absolute atomic E-state index is 12.7. The Balaban J connectivity index is 2.10. The molecule has 0 aliphatic rings. The number of amides is 1. The van der Waals surface area contributed by atoms with Crippen LogP contribution in [0.1, 0.15) is 43.6 Å². The zero-order valence-electron chi connectivity index (χ0n) is 14.6. The minimum Gasteiger partial charge on any atom is -0.390 e. The number of oxime groups is 1. The number of rotatable bonds is 5. The summed E-state index contributed by atoms with van der Waals surface area (Å²) in [5.74, 6) is -0.0556. The smallest absolute Gasteiger partial charge is 0.258 e. The van der Waals surface area contributed by atoms with Gasteiger partial charge in [0.1, 0.15) is 5.60 Å². The van der Waals surface area contributed by atoms with Crippen LogP contribution in [-0.2, 0) is 4.84 Å². The molecule has 1 aromatic heterocycles. The lowest BCUT2D eigenvalue weighted by Crippen LogP contribution is -2.30. The van der Waals surface area contributed by atoms with Crippen LogP contribution in [0.4, 0.5) is 5.69 Å². The van der Waals surface area contributed by atoms with Gasteiger partial charge in [0, 0.05) is 18.3 Å². The van der Waals surface area contributed by atoms with Gasteiger partial charge >= 0.3 is 0 Å². The molecule has 0 unspecified atom stereocenters. The van der Waals surface area contributed by atoms with Crippen LogP contribution in [0.15, 0.2) is 53.9 Å². The van der Waals surface area contributed by atoms with Crippen LogP contribution in [0.5, 0.6) is 0 Å². The lowest BCUT2D eigenvalue weighted by molar-refractivity contribution is 0.00199. The second-order valence-electron chi connectivity index (χ2n) is 6.32. The highest BCUT2D eigenvalue weighted by Gasteiger charge is 2.16. The van der Waals surface area contributed by atoms with E-state index < -0.39 is 0 Å². The molecule has 0 fully saturated rings. The number of nitrogens with zero attached hydrogens (tertiary/aromatic N) is 3. The van der Waals surface area contributed by atoms with Crippen molar-refractivity contribution in [3.63, 3.8) is 0 Å². The molecule has 2 aromatic rings. The summed E-state index contributed by atoms with van der Waals surface area (Å²) in [6.07, 6.45) is 5.01. The van der Waals surface area contributed by atoms with Gasteiger partial charge in [0.2, 0.25) is 0 Å². The molecule has 0 aliphatic carbocycles. The summed E-state index contributed by atoms with van der Waals surface area (Å²) in [7, 11) is 0. The molecule has 24 heavy (non-hydrogen) atoms. The molecular formula is C19H23N3O2. The number of carbonyl (C=O) groups excluding carboxylic acids is 1. The van der Waals surface area contributed by atoms with Crippen molar-refractivity contribution < 1.29 is 9.63 Å². The van der Waals surface area contributed by atoms with Gasteiger partial charge in [-0.25, -0.2) is 0 Å². The molecule has 0 spiro atoms. The zero-order valence-corrected chi connectivity index (χ0v) is 14.6. The van der Waals surface area contributed by atoms with Gasteiger partial charge in [-0.2, -0.15) is 0 Å². The Kier molecular flexibility index (Phi) is 5.68. The van der Waals surface area contributed by atoms with Crippen molar-refractivity contribution in [3.05, 3.63) is 59.9 Å². The van der Waals surface area contributed by atoms with E-state index in [0.29, 0.717) is 12.1 Å². The summed E-state index contributed by atoms with van der Waals surface area (Å²) in [6.45, 7) is 8.32. The zero-order chi connectivity index (χ0) is 17.6. The lowest BCUT2D eigenvalue weighted by atomic mass is 10.1. The molecule has 0 N–H and O–H groups in total. The van der Waals surface area contributed by atoms with E-state index >= 15 is 0 Å². The standard InChI is InChI=1S/C19H23N3O2/c1-5-22(17-7-6-12-20-14-17)18(23)16-10-8-15(9-11-16)13-21-24-19(2,3)4/h6-14H,5H2,1-4H3/b21-13+. The first-order chi connectivity index (χ1) is 11.4. The molecule has 0 saturated heterocycles. The Bertz CT molecular complexity index is 689. The van der Waals surface area contributed by atoms with Crippen molar-refractivity contribution in [1.29, 1.82) is 0 Å². The second kappa shape index (κ2) is 7.73. The van der Waals surface area contributed by atoms with E-state index in [1.165, 1.54) is 0 Å². The van der Waals surface area contributed by atoms with Crippen molar-refractivity contribution in [2.45, 2.75) is 33.3 Å². The minimum absolute atomic E-state index is 0.0556. The number of benzene rings is 1. The van der Waals surface area contributed by atoms with Crippen molar-refractivity contribution in [1.82, 2.24) is 4.98 Å². The minimum atomic E-state index is -0.322. The Labute approximate surface area is 143 Å². The SMILES string of the molecule is CCN(C(=O)c1ccc(/C=N/OC(C)(C)C)cc1)c1cccnc1. The van der Waals surface area contributed by atoms with Crippen LogP contribution in [0.25, 0.3) is 0 Å². The average Bonchev–Trinajstić information content (AvgIpc) is 2.56. The topological polar surface area (TPSA) is 54.8 Å². The predicted molar refractivity (Wildman–Crippen MR) is 96.5 cm³/mol. The van der Waals surface area contributed by atoms with Crippen LogP contribution in [-0.4, -0.2) is 29.3 Å². The molecule has 0 atom stereocenters. The van der Waals surface area contributed by atoms with E-state index in [1.807, 2.05) is 52.0 Å². The first-order valence-electron chi connectivity index (χ1n) is 7.94. The molecule has 0 aliphatic heterocycles. The fourth-order valence-corrected chi connectivity index (χ4v) is 2.07. The third-order valence-corrected chi connectivity index (χ3v) is 3.20. The fraction of sp³-hybridized carbons (Fsp3) is 0.316. The van der Waals surface area contributed by atoms with Crippen LogP contribution in [0.3, 0.4) is 0 Å². The Morgan fingerprint density at radius 1 is 1.25 bits per heavy atom. The number of carbonyl (C=O) groups is 1. The Morgan fingerprint density at radius 3 is 2.50 bits per heavy atom. The van der Waals surface area contributed by atoms with Crippen LogP contribution >= 0.6 is 0 Å². The molecule has 126 valence electrons. The highest BCUT2D eigenvalue weighted by molar-refractivity contribution is 6.06. The number of pyridine rings is 1. The van der Waals surface area contributed by atoms with Crippen molar-refractivity contribution in [3.8, 4) is 0 Å². The third-order valence-electron chi connectivity index (χ3n) is 3.20. The largest absolute Gasteiger partial charge is 0.390 e. The molecular weight excluding hydrogens is 302 g/mol. The van der Waals surface area contributed by atoms with Crippen LogP contribution < -0.4 is 4.90 Å². The van der Waals surface area contributed by atoms with Crippen molar-refractivity contribution in [2.24, 2.45) is 5.16 Å². The lowest BCUT2D eigenvalue weighted by Gasteiger charge is -2.20. The number of hydrogen-bond acceptors (Lipinski definition) is 4. The summed E-state index contributed by atoms with van der Waals surface area (Å²) < 4.78 is 0. The Hall–Kier alpha value is -2.69. The quantitative estimate of drug-likeness (QED) is 0.619. The van der Waals surface area contributed by atoms with Gasteiger partial charge in [-0.3, -0.25) is 9.78 Å². The summed E-state index contributed by atoms with van der Waals surface area (Å²) in [5.41, 5.74) is 1.96. The van der Waals surface area contributed by atoms with Gasteiger partial charge in [-0.05, 0) is 57.5 Å². The maximum Gasteiger partial charge on any atom is 0.258 e. The third kappa shape index (κ3) is 4.91. The first kappa shape index (κ1) is 17.7. The molecule has 1 heterocycles. The van der Waals surface area contributed by atoms with Crippen molar-refractivity contribution >= 4 is 17.8 Å². The summed E-state index contributed by atoms with van der Waals surface area (Å²) >= 11 is 0. The molecule has 5 nitrogen and oxygen atoms in total. The summed E-state index contributed by atoms with van der Waals surface area (Å²) in [4.78, 5) is 23.7. The first-order valence-corrected chi connectivity index (χ1v) is 7.94. The molecule has 0 bridgehead atoms.